The lowest BCUT2D eigenvalue weighted by molar-refractivity contribution is -0.122. The van der Waals surface area contributed by atoms with Gasteiger partial charge in [-0.1, -0.05) is 12.1 Å². The van der Waals surface area contributed by atoms with E-state index in [1.165, 1.54) is 44.6 Å². The zero-order chi connectivity index (χ0) is 24.9. The molecule has 0 unspecified atom stereocenters. The minimum absolute atomic E-state index is 0.0232. The van der Waals surface area contributed by atoms with E-state index in [0.717, 1.165) is 11.1 Å². The Balaban J connectivity index is 1.69. The summed E-state index contributed by atoms with van der Waals surface area (Å²) in [6.07, 6.45) is -0.744. The van der Waals surface area contributed by atoms with Gasteiger partial charge >= 0.3 is 0 Å². The Labute approximate surface area is 199 Å². The molecule has 3 aromatic rings. The molecule has 0 heterocycles. The van der Waals surface area contributed by atoms with E-state index in [1.807, 2.05) is 32.0 Å². The van der Waals surface area contributed by atoms with Gasteiger partial charge < -0.3 is 19.5 Å². The number of sulfonamides is 1. The maximum Gasteiger partial charge on any atom is 0.265 e. The fraction of sp³-hybridized carbons (Fsp3) is 0.240. The van der Waals surface area contributed by atoms with Crippen molar-refractivity contribution in [2.75, 3.05) is 24.3 Å². The van der Waals surface area contributed by atoms with E-state index in [-0.39, 0.29) is 16.5 Å². The first kappa shape index (κ1) is 24.9. The Morgan fingerprint density at radius 1 is 0.912 bits per heavy atom. The summed E-state index contributed by atoms with van der Waals surface area (Å²) in [4.78, 5) is 12.6. The summed E-state index contributed by atoms with van der Waals surface area (Å²) in [5, 5.41) is 2.74. The molecule has 0 aliphatic carbocycles. The van der Waals surface area contributed by atoms with Crippen molar-refractivity contribution in [1.29, 1.82) is 0 Å². The van der Waals surface area contributed by atoms with E-state index < -0.39 is 16.1 Å². The summed E-state index contributed by atoms with van der Waals surface area (Å²) in [6, 6.07) is 16.3. The molecular formula is C25H28N2O6S. The number of hydrogen-bond acceptors (Lipinski definition) is 6. The van der Waals surface area contributed by atoms with Gasteiger partial charge in [-0.25, -0.2) is 8.42 Å². The summed E-state index contributed by atoms with van der Waals surface area (Å²) >= 11 is 0. The lowest BCUT2D eigenvalue weighted by Gasteiger charge is -2.17. The van der Waals surface area contributed by atoms with E-state index in [9.17, 15) is 13.2 Å². The zero-order valence-electron chi connectivity index (χ0n) is 19.7. The molecule has 0 aliphatic rings. The van der Waals surface area contributed by atoms with E-state index in [0.29, 0.717) is 22.9 Å². The summed E-state index contributed by atoms with van der Waals surface area (Å²) in [6.45, 7) is 5.56. The van der Waals surface area contributed by atoms with Crippen LogP contribution >= 0.6 is 0 Å². The fourth-order valence-corrected chi connectivity index (χ4v) is 4.22. The highest BCUT2D eigenvalue weighted by Crippen LogP contribution is 2.31. The number of hydrogen-bond donors (Lipinski definition) is 2. The lowest BCUT2D eigenvalue weighted by atomic mass is 10.1. The molecule has 8 nitrogen and oxygen atoms in total. The maximum atomic E-state index is 12.9. The molecule has 9 heteroatoms. The first-order chi connectivity index (χ1) is 16.1. The highest BCUT2D eigenvalue weighted by Gasteiger charge is 2.19. The monoisotopic (exact) mass is 484 g/mol. The molecule has 1 amide bonds. The van der Waals surface area contributed by atoms with Gasteiger partial charge in [-0.15, -0.1) is 0 Å². The molecule has 0 aliphatic heterocycles. The van der Waals surface area contributed by atoms with Crippen molar-refractivity contribution in [3.63, 3.8) is 0 Å². The molecule has 0 aromatic heterocycles. The lowest BCUT2D eigenvalue weighted by Crippen LogP contribution is -2.30. The van der Waals surface area contributed by atoms with Crippen molar-refractivity contribution in [3.8, 4) is 17.2 Å². The molecule has 180 valence electrons. The number of carbonyl (C=O) groups is 1. The summed E-state index contributed by atoms with van der Waals surface area (Å²) < 4.78 is 44.4. The standard InChI is InChI=1S/C25H28N2O6S/c1-16-7-6-8-23(17(16)2)33-18(3)25(28)26-19-9-12-21(13-10-19)34(29,30)27-22-15-20(31-4)11-14-24(22)32-5/h6-15,18,27H,1-5H3,(H,26,28)/t18-/m1/s1. The van der Waals surface area contributed by atoms with Crippen LogP contribution in [-0.4, -0.2) is 34.6 Å². The Hall–Kier alpha value is -3.72. The molecule has 0 saturated carbocycles. The number of nitrogens with one attached hydrogen (secondary N) is 2. The van der Waals surface area contributed by atoms with Gasteiger partial charge in [0.25, 0.3) is 15.9 Å². The van der Waals surface area contributed by atoms with E-state index in [4.69, 9.17) is 14.2 Å². The van der Waals surface area contributed by atoms with Crippen LogP contribution in [0.2, 0.25) is 0 Å². The third-order valence-corrected chi connectivity index (χ3v) is 6.69. The second-order valence-corrected chi connectivity index (χ2v) is 9.33. The molecule has 0 fully saturated rings. The first-order valence-electron chi connectivity index (χ1n) is 10.5. The van der Waals surface area contributed by atoms with Crippen molar-refractivity contribution in [2.24, 2.45) is 0 Å². The van der Waals surface area contributed by atoms with Crippen LogP contribution in [0.4, 0.5) is 11.4 Å². The molecule has 1 atom stereocenters. The van der Waals surface area contributed by atoms with Crippen molar-refractivity contribution in [2.45, 2.75) is 31.8 Å². The second-order valence-electron chi connectivity index (χ2n) is 7.64. The van der Waals surface area contributed by atoms with Crippen molar-refractivity contribution in [1.82, 2.24) is 0 Å². The summed E-state index contributed by atoms with van der Waals surface area (Å²) in [5.41, 5.74) is 2.73. The molecule has 0 bridgehead atoms. The Bertz CT molecular complexity index is 1270. The number of aryl methyl sites for hydroxylation is 1. The largest absolute Gasteiger partial charge is 0.497 e. The van der Waals surface area contributed by atoms with Crippen LogP contribution < -0.4 is 24.2 Å². The predicted molar refractivity (Wildman–Crippen MR) is 131 cm³/mol. The third kappa shape index (κ3) is 5.79. The van der Waals surface area contributed by atoms with Gasteiger partial charge in [0.1, 0.15) is 17.2 Å². The van der Waals surface area contributed by atoms with E-state index >= 15 is 0 Å². The summed E-state index contributed by atoms with van der Waals surface area (Å²) in [7, 11) is -0.971. The number of benzene rings is 3. The van der Waals surface area contributed by atoms with Crippen LogP contribution in [0.5, 0.6) is 17.2 Å². The van der Waals surface area contributed by atoms with Crippen LogP contribution in [-0.2, 0) is 14.8 Å². The average molecular weight is 485 g/mol. The smallest absolute Gasteiger partial charge is 0.265 e. The van der Waals surface area contributed by atoms with Gasteiger partial charge in [0.05, 0.1) is 24.8 Å². The van der Waals surface area contributed by atoms with E-state index in [2.05, 4.69) is 10.0 Å². The molecule has 34 heavy (non-hydrogen) atoms. The van der Waals surface area contributed by atoms with Gasteiger partial charge in [-0.2, -0.15) is 0 Å². The number of anilines is 2. The SMILES string of the molecule is COc1ccc(OC)c(NS(=O)(=O)c2ccc(NC(=O)[C@@H](C)Oc3cccc(C)c3C)cc2)c1. The zero-order valence-corrected chi connectivity index (χ0v) is 20.5. The maximum absolute atomic E-state index is 12.9. The Morgan fingerprint density at radius 3 is 2.26 bits per heavy atom. The molecule has 2 N–H and O–H groups in total. The minimum Gasteiger partial charge on any atom is -0.497 e. The fourth-order valence-electron chi connectivity index (χ4n) is 3.15. The van der Waals surface area contributed by atoms with Crippen LogP contribution in [0.1, 0.15) is 18.1 Å². The van der Waals surface area contributed by atoms with Crippen molar-refractivity contribution in [3.05, 3.63) is 71.8 Å². The second kappa shape index (κ2) is 10.5. The van der Waals surface area contributed by atoms with Gasteiger partial charge in [-0.05, 0) is 74.4 Å². The molecule has 3 aromatic carbocycles. The molecule has 0 radical (unpaired) electrons. The Kier molecular flexibility index (Phi) is 7.68. The van der Waals surface area contributed by atoms with Crippen molar-refractivity contribution < 1.29 is 27.4 Å². The minimum atomic E-state index is -3.90. The first-order valence-corrected chi connectivity index (χ1v) is 12.0. The van der Waals surface area contributed by atoms with Crippen LogP contribution in [0, 0.1) is 13.8 Å². The number of methoxy groups -OCH3 is 2. The highest BCUT2D eigenvalue weighted by atomic mass is 32.2. The van der Waals surface area contributed by atoms with Crippen LogP contribution in [0.25, 0.3) is 0 Å². The molecule has 3 rings (SSSR count). The van der Waals surface area contributed by atoms with Crippen LogP contribution in [0.3, 0.4) is 0 Å². The number of ether oxygens (including phenoxy) is 3. The normalized spacial score (nSPS) is 11.9. The van der Waals surface area contributed by atoms with Gasteiger partial charge in [0.2, 0.25) is 0 Å². The quantitative estimate of drug-likeness (QED) is 0.463. The van der Waals surface area contributed by atoms with Crippen molar-refractivity contribution >= 4 is 27.3 Å². The average Bonchev–Trinajstić information content (AvgIpc) is 2.82. The highest BCUT2D eigenvalue weighted by molar-refractivity contribution is 7.92. The molecule has 0 saturated heterocycles. The number of amides is 1. The van der Waals surface area contributed by atoms with Gasteiger partial charge in [-0.3, -0.25) is 9.52 Å². The third-order valence-electron chi connectivity index (χ3n) is 5.31. The van der Waals surface area contributed by atoms with Gasteiger partial charge in [0.15, 0.2) is 6.10 Å². The number of carbonyl (C=O) groups excluding carboxylic acids is 1. The topological polar surface area (TPSA) is 103 Å². The van der Waals surface area contributed by atoms with Crippen LogP contribution in [0.15, 0.2) is 65.6 Å². The molecular weight excluding hydrogens is 456 g/mol. The number of rotatable bonds is 9. The predicted octanol–water partition coefficient (Wildman–Crippen LogP) is 4.53. The van der Waals surface area contributed by atoms with Gasteiger partial charge in [0, 0.05) is 11.8 Å². The Morgan fingerprint density at radius 2 is 1.62 bits per heavy atom. The molecule has 0 spiro atoms. The summed E-state index contributed by atoms with van der Waals surface area (Å²) in [5.74, 6) is 1.12. The van der Waals surface area contributed by atoms with E-state index in [1.54, 1.807) is 19.1 Å².